The van der Waals surface area contributed by atoms with Gasteiger partial charge in [0.05, 0.1) is 0 Å². The summed E-state index contributed by atoms with van der Waals surface area (Å²) >= 11 is 0. The molecule has 0 aromatic rings. The summed E-state index contributed by atoms with van der Waals surface area (Å²) in [4.78, 5) is 0. The highest BCUT2D eigenvalue weighted by molar-refractivity contribution is 4.43. The Hall–Kier alpha value is -0.0800. The van der Waals surface area contributed by atoms with Crippen LogP contribution in [0.5, 0.6) is 0 Å². The topological polar surface area (TPSA) is 35.2 Å². The van der Waals surface area contributed by atoms with E-state index in [1.54, 1.807) is 0 Å². The Morgan fingerprint density at radius 2 is 1.46 bits per heavy atom. The minimum atomic E-state index is 0.792. The van der Waals surface area contributed by atoms with Crippen LogP contribution in [0.15, 0.2) is 0 Å². The summed E-state index contributed by atoms with van der Waals surface area (Å²) in [5.41, 5.74) is 5.37. The van der Waals surface area contributed by atoms with E-state index in [0.29, 0.717) is 0 Å². The smallest absolute Gasteiger partial charge is 0.0466 e. The zero-order chi connectivity index (χ0) is 9.78. The highest BCUT2D eigenvalue weighted by atomic mass is 16.5. The fourth-order valence-electron chi connectivity index (χ4n) is 1.26. The maximum atomic E-state index is 5.46. The van der Waals surface area contributed by atoms with Crippen molar-refractivity contribution in [1.29, 1.82) is 0 Å². The molecule has 0 aromatic carbocycles. The zero-order valence-corrected chi connectivity index (χ0v) is 9.06. The van der Waals surface area contributed by atoms with E-state index in [1.807, 2.05) is 0 Å². The van der Waals surface area contributed by atoms with Gasteiger partial charge in [0.2, 0.25) is 0 Å². The third-order valence-corrected chi connectivity index (χ3v) is 2.14. The van der Waals surface area contributed by atoms with E-state index in [9.17, 15) is 0 Å². The van der Waals surface area contributed by atoms with E-state index in [0.717, 1.165) is 32.6 Å². The Kier molecular flexibility index (Phi) is 11.8. The summed E-state index contributed by atoms with van der Waals surface area (Å²) in [5.74, 6) is 0. The molecular weight excluding hydrogens is 162 g/mol. The monoisotopic (exact) mass is 187 g/mol. The molecule has 0 atom stereocenters. The first-order valence-corrected chi connectivity index (χ1v) is 5.69. The summed E-state index contributed by atoms with van der Waals surface area (Å²) in [6.45, 7) is 4.86. The molecule has 0 aliphatic rings. The standard InChI is InChI=1S/C11H25NO/c1-2-3-4-5-7-10-13-11-8-6-9-12/h2-12H2,1H3. The second-order valence-corrected chi connectivity index (χ2v) is 3.52. The van der Waals surface area contributed by atoms with Gasteiger partial charge >= 0.3 is 0 Å². The van der Waals surface area contributed by atoms with Crippen LogP contribution in [0.1, 0.15) is 51.9 Å². The molecule has 0 saturated carbocycles. The lowest BCUT2D eigenvalue weighted by molar-refractivity contribution is 0.126. The van der Waals surface area contributed by atoms with Gasteiger partial charge in [0, 0.05) is 13.2 Å². The molecular formula is C11H25NO. The van der Waals surface area contributed by atoms with Crippen LogP contribution in [0.25, 0.3) is 0 Å². The molecule has 2 N–H and O–H groups in total. The summed E-state index contributed by atoms with van der Waals surface area (Å²) in [6, 6.07) is 0. The molecule has 0 aliphatic heterocycles. The van der Waals surface area contributed by atoms with E-state index >= 15 is 0 Å². The van der Waals surface area contributed by atoms with Gasteiger partial charge in [-0.15, -0.1) is 0 Å². The van der Waals surface area contributed by atoms with Crippen molar-refractivity contribution in [2.75, 3.05) is 19.8 Å². The van der Waals surface area contributed by atoms with Gasteiger partial charge in [0.1, 0.15) is 0 Å². The molecule has 0 saturated heterocycles. The third kappa shape index (κ3) is 11.9. The van der Waals surface area contributed by atoms with Crippen LogP contribution in [0.3, 0.4) is 0 Å². The van der Waals surface area contributed by atoms with Crippen LogP contribution in [-0.2, 0) is 4.74 Å². The lowest BCUT2D eigenvalue weighted by atomic mass is 10.2. The third-order valence-electron chi connectivity index (χ3n) is 2.14. The summed E-state index contributed by atoms with van der Waals surface area (Å²) < 4.78 is 5.46. The van der Waals surface area contributed by atoms with Crippen molar-refractivity contribution in [3.63, 3.8) is 0 Å². The summed E-state index contributed by atoms with van der Waals surface area (Å²) in [5, 5.41) is 0. The Balaban J connectivity index is 2.76. The molecule has 0 radical (unpaired) electrons. The molecule has 0 unspecified atom stereocenters. The lowest BCUT2D eigenvalue weighted by Gasteiger charge is -2.03. The van der Waals surface area contributed by atoms with Gasteiger partial charge < -0.3 is 10.5 Å². The molecule has 2 heteroatoms. The van der Waals surface area contributed by atoms with Crippen LogP contribution in [0, 0.1) is 0 Å². The minimum Gasteiger partial charge on any atom is -0.381 e. The highest BCUT2D eigenvalue weighted by Gasteiger charge is 1.90. The number of ether oxygens (including phenoxy) is 1. The Labute approximate surface area is 82.8 Å². The average molecular weight is 187 g/mol. The predicted octanol–water partition coefficient (Wildman–Crippen LogP) is 2.71. The Morgan fingerprint density at radius 1 is 0.846 bits per heavy atom. The van der Waals surface area contributed by atoms with E-state index in [1.165, 1.54) is 32.1 Å². The van der Waals surface area contributed by atoms with Crippen molar-refractivity contribution in [2.24, 2.45) is 5.73 Å². The molecule has 0 aliphatic carbocycles. The van der Waals surface area contributed by atoms with Crippen molar-refractivity contribution in [1.82, 2.24) is 0 Å². The molecule has 80 valence electrons. The molecule has 0 rings (SSSR count). The van der Waals surface area contributed by atoms with Crippen LogP contribution < -0.4 is 5.73 Å². The van der Waals surface area contributed by atoms with Crippen molar-refractivity contribution >= 4 is 0 Å². The van der Waals surface area contributed by atoms with E-state index in [-0.39, 0.29) is 0 Å². The Bertz CT molecular complexity index is 76.2. The van der Waals surface area contributed by atoms with E-state index in [4.69, 9.17) is 10.5 Å². The average Bonchev–Trinajstić information content (AvgIpc) is 2.16. The van der Waals surface area contributed by atoms with E-state index < -0.39 is 0 Å². The van der Waals surface area contributed by atoms with Crippen molar-refractivity contribution < 1.29 is 4.74 Å². The maximum absolute atomic E-state index is 5.46. The van der Waals surface area contributed by atoms with Crippen LogP contribution in [0.4, 0.5) is 0 Å². The molecule has 13 heavy (non-hydrogen) atoms. The minimum absolute atomic E-state index is 0.792. The zero-order valence-electron chi connectivity index (χ0n) is 9.06. The highest BCUT2D eigenvalue weighted by Crippen LogP contribution is 2.02. The first-order valence-electron chi connectivity index (χ1n) is 5.69. The number of rotatable bonds is 10. The quantitative estimate of drug-likeness (QED) is 0.534. The number of hydrogen-bond donors (Lipinski definition) is 1. The SMILES string of the molecule is CCCCCCCOCCCCN. The van der Waals surface area contributed by atoms with Crippen molar-refractivity contribution in [3.8, 4) is 0 Å². The van der Waals surface area contributed by atoms with Gasteiger partial charge in [0.25, 0.3) is 0 Å². The van der Waals surface area contributed by atoms with Gasteiger partial charge in [-0.05, 0) is 25.8 Å². The molecule has 0 aromatic heterocycles. The fourth-order valence-corrected chi connectivity index (χ4v) is 1.26. The summed E-state index contributed by atoms with van der Waals surface area (Å²) in [6.07, 6.45) is 8.81. The maximum Gasteiger partial charge on any atom is 0.0466 e. The second kappa shape index (κ2) is 11.9. The lowest BCUT2D eigenvalue weighted by Crippen LogP contribution is -2.02. The van der Waals surface area contributed by atoms with Crippen LogP contribution >= 0.6 is 0 Å². The van der Waals surface area contributed by atoms with Gasteiger partial charge in [-0.25, -0.2) is 0 Å². The van der Waals surface area contributed by atoms with Crippen molar-refractivity contribution in [2.45, 2.75) is 51.9 Å². The molecule has 0 fully saturated rings. The fraction of sp³-hybridized carbons (Fsp3) is 1.00. The van der Waals surface area contributed by atoms with Crippen molar-refractivity contribution in [3.05, 3.63) is 0 Å². The molecule has 0 bridgehead atoms. The summed E-state index contributed by atoms with van der Waals surface area (Å²) in [7, 11) is 0. The largest absolute Gasteiger partial charge is 0.381 e. The number of hydrogen-bond acceptors (Lipinski definition) is 2. The number of nitrogens with two attached hydrogens (primary N) is 1. The van der Waals surface area contributed by atoms with Gasteiger partial charge in [0.15, 0.2) is 0 Å². The first-order chi connectivity index (χ1) is 6.41. The van der Waals surface area contributed by atoms with Gasteiger partial charge in [-0.3, -0.25) is 0 Å². The molecule has 2 nitrogen and oxygen atoms in total. The van der Waals surface area contributed by atoms with Gasteiger partial charge in [-0.1, -0.05) is 32.6 Å². The normalized spacial score (nSPS) is 10.6. The van der Waals surface area contributed by atoms with E-state index in [2.05, 4.69) is 6.92 Å². The first kappa shape index (κ1) is 12.9. The molecule has 0 spiro atoms. The van der Waals surface area contributed by atoms with Crippen LogP contribution in [-0.4, -0.2) is 19.8 Å². The van der Waals surface area contributed by atoms with Crippen LogP contribution in [0.2, 0.25) is 0 Å². The molecule has 0 heterocycles. The number of unbranched alkanes of at least 4 members (excludes halogenated alkanes) is 5. The predicted molar refractivity (Wildman–Crippen MR) is 57.9 cm³/mol. The second-order valence-electron chi connectivity index (χ2n) is 3.52. The van der Waals surface area contributed by atoms with Gasteiger partial charge in [-0.2, -0.15) is 0 Å². The Morgan fingerprint density at radius 3 is 2.08 bits per heavy atom. The molecule has 0 amide bonds.